The molecule has 0 spiro atoms. The summed E-state index contributed by atoms with van der Waals surface area (Å²) in [6.07, 6.45) is 0.888. The maximum absolute atomic E-state index is 12.6. The molecule has 0 radical (unpaired) electrons. The van der Waals surface area contributed by atoms with Crippen molar-refractivity contribution in [3.63, 3.8) is 0 Å². The third kappa shape index (κ3) is 3.28. The molecule has 0 aromatic heterocycles. The molecule has 1 N–H and O–H groups in total. The molecule has 2 rings (SSSR count). The first kappa shape index (κ1) is 16.0. The topological polar surface area (TPSA) is 57.6 Å². The van der Waals surface area contributed by atoms with Crippen LogP contribution in [0.4, 0.5) is 0 Å². The quantitative estimate of drug-likeness (QED) is 0.922. The van der Waals surface area contributed by atoms with E-state index in [1.54, 1.807) is 13.0 Å². The lowest BCUT2D eigenvalue weighted by Gasteiger charge is -2.32. The molecule has 1 saturated heterocycles. The number of halogens is 2. The van der Waals surface area contributed by atoms with Crippen LogP contribution in [0.3, 0.4) is 0 Å². The minimum atomic E-state index is -3.63. The molecule has 1 heterocycles. The number of hydrogen-bond donors (Lipinski definition) is 1. The highest BCUT2D eigenvalue weighted by atomic mass is 35.5. The molecule has 20 heavy (non-hydrogen) atoms. The van der Waals surface area contributed by atoms with Gasteiger partial charge in [-0.05, 0) is 43.9 Å². The predicted octanol–water partition coefficient (Wildman–Crippen LogP) is 2.77. The molecule has 112 valence electrons. The SMILES string of the molecule is CC(O)C1CCN(S(=O)(=O)c2cc(Cl)ccc2Cl)CC1. The maximum atomic E-state index is 12.6. The van der Waals surface area contributed by atoms with Gasteiger partial charge in [0.25, 0.3) is 0 Å². The first-order chi connectivity index (χ1) is 9.32. The van der Waals surface area contributed by atoms with Crippen molar-refractivity contribution in [2.45, 2.75) is 30.8 Å². The molecule has 0 aliphatic carbocycles. The van der Waals surface area contributed by atoms with E-state index >= 15 is 0 Å². The highest BCUT2D eigenvalue weighted by Crippen LogP contribution is 2.30. The Morgan fingerprint density at radius 1 is 1.30 bits per heavy atom. The monoisotopic (exact) mass is 337 g/mol. The number of sulfonamides is 1. The fourth-order valence-electron chi connectivity index (χ4n) is 2.41. The highest BCUT2D eigenvalue weighted by Gasteiger charge is 2.32. The Morgan fingerprint density at radius 2 is 1.90 bits per heavy atom. The molecule has 1 aromatic carbocycles. The highest BCUT2D eigenvalue weighted by molar-refractivity contribution is 7.89. The van der Waals surface area contributed by atoms with Gasteiger partial charge in [0, 0.05) is 18.1 Å². The van der Waals surface area contributed by atoms with Crippen LogP contribution in [0.5, 0.6) is 0 Å². The summed E-state index contributed by atoms with van der Waals surface area (Å²) in [5.41, 5.74) is 0. The zero-order chi connectivity index (χ0) is 14.9. The van der Waals surface area contributed by atoms with Gasteiger partial charge in [-0.1, -0.05) is 23.2 Å². The van der Waals surface area contributed by atoms with E-state index in [0.29, 0.717) is 31.0 Å². The zero-order valence-electron chi connectivity index (χ0n) is 11.1. The Bertz CT molecular complexity index is 581. The molecular weight excluding hydrogens is 321 g/mol. The van der Waals surface area contributed by atoms with Crippen molar-refractivity contribution >= 4 is 33.2 Å². The van der Waals surface area contributed by atoms with Gasteiger partial charge in [-0.15, -0.1) is 0 Å². The molecule has 0 amide bonds. The average Bonchev–Trinajstić information content (AvgIpc) is 2.41. The smallest absolute Gasteiger partial charge is 0.244 e. The number of nitrogens with zero attached hydrogens (tertiary/aromatic N) is 1. The summed E-state index contributed by atoms with van der Waals surface area (Å²) in [4.78, 5) is 0.0437. The van der Waals surface area contributed by atoms with Crippen LogP contribution < -0.4 is 0 Å². The van der Waals surface area contributed by atoms with Gasteiger partial charge in [-0.2, -0.15) is 4.31 Å². The average molecular weight is 338 g/mol. The normalized spacial score (nSPS) is 20.0. The lowest BCUT2D eigenvalue weighted by molar-refractivity contribution is 0.0912. The van der Waals surface area contributed by atoms with Crippen LogP contribution in [0.15, 0.2) is 23.1 Å². The first-order valence-electron chi connectivity index (χ1n) is 6.45. The lowest BCUT2D eigenvalue weighted by Crippen LogP contribution is -2.40. The lowest BCUT2D eigenvalue weighted by atomic mass is 9.93. The van der Waals surface area contributed by atoms with Gasteiger partial charge in [-0.25, -0.2) is 8.42 Å². The van der Waals surface area contributed by atoms with Crippen LogP contribution in [0.1, 0.15) is 19.8 Å². The van der Waals surface area contributed by atoms with Crippen LogP contribution >= 0.6 is 23.2 Å². The van der Waals surface area contributed by atoms with Crippen LogP contribution in [0, 0.1) is 5.92 Å². The maximum Gasteiger partial charge on any atom is 0.244 e. The molecule has 1 aliphatic rings. The third-order valence-corrected chi connectivity index (χ3v) is 6.31. The van der Waals surface area contributed by atoms with Crippen LogP contribution in [0.25, 0.3) is 0 Å². The van der Waals surface area contributed by atoms with Gasteiger partial charge in [0.1, 0.15) is 4.90 Å². The van der Waals surface area contributed by atoms with Crippen molar-refractivity contribution in [3.05, 3.63) is 28.2 Å². The standard InChI is InChI=1S/C13H17Cl2NO3S/c1-9(17)10-4-6-16(7-5-10)20(18,19)13-8-11(14)2-3-12(13)15/h2-3,8-10,17H,4-7H2,1H3. The van der Waals surface area contributed by atoms with Crippen molar-refractivity contribution in [3.8, 4) is 0 Å². The minimum absolute atomic E-state index is 0.0437. The van der Waals surface area contributed by atoms with E-state index in [0.717, 1.165) is 0 Å². The van der Waals surface area contributed by atoms with Crippen molar-refractivity contribution in [2.75, 3.05) is 13.1 Å². The van der Waals surface area contributed by atoms with Crippen molar-refractivity contribution in [1.29, 1.82) is 0 Å². The van der Waals surface area contributed by atoms with Gasteiger partial charge >= 0.3 is 0 Å². The Labute approximate surface area is 129 Å². The number of aliphatic hydroxyl groups excluding tert-OH is 1. The van der Waals surface area contributed by atoms with E-state index in [1.165, 1.54) is 16.4 Å². The molecule has 0 saturated carbocycles. The van der Waals surface area contributed by atoms with Crippen molar-refractivity contribution in [2.24, 2.45) is 5.92 Å². The Morgan fingerprint density at radius 3 is 2.45 bits per heavy atom. The molecule has 1 unspecified atom stereocenters. The first-order valence-corrected chi connectivity index (χ1v) is 8.65. The summed E-state index contributed by atoms with van der Waals surface area (Å²) in [7, 11) is -3.63. The Balaban J connectivity index is 2.22. The summed E-state index contributed by atoms with van der Waals surface area (Å²) in [5, 5.41) is 10.1. The number of hydrogen-bond acceptors (Lipinski definition) is 3. The molecule has 4 nitrogen and oxygen atoms in total. The van der Waals surface area contributed by atoms with Gasteiger partial charge in [0.15, 0.2) is 0 Å². The van der Waals surface area contributed by atoms with Crippen LogP contribution in [0.2, 0.25) is 10.0 Å². The summed E-state index contributed by atoms with van der Waals surface area (Å²) in [6, 6.07) is 4.42. The largest absolute Gasteiger partial charge is 0.393 e. The Hall–Kier alpha value is -0.330. The third-order valence-electron chi connectivity index (χ3n) is 3.69. The van der Waals surface area contributed by atoms with E-state index in [1.807, 2.05) is 0 Å². The molecule has 1 fully saturated rings. The van der Waals surface area contributed by atoms with Crippen molar-refractivity contribution < 1.29 is 13.5 Å². The van der Waals surface area contributed by atoms with Gasteiger partial charge in [0.2, 0.25) is 10.0 Å². The number of piperidine rings is 1. The number of rotatable bonds is 3. The summed E-state index contributed by atoms with van der Waals surface area (Å²) >= 11 is 11.8. The number of aliphatic hydroxyl groups is 1. The zero-order valence-corrected chi connectivity index (χ0v) is 13.4. The van der Waals surface area contributed by atoms with Gasteiger partial charge < -0.3 is 5.11 Å². The van der Waals surface area contributed by atoms with E-state index in [4.69, 9.17) is 23.2 Å². The summed E-state index contributed by atoms with van der Waals surface area (Å²) < 4.78 is 26.5. The second-order valence-corrected chi connectivity index (χ2v) is 7.81. The fourth-order valence-corrected chi connectivity index (χ4v) is 4.62. The van der Waals surface area contributed by atoms with Gasteiger partial charge in [-0.3, -0.25) is 0 Å². The molecule has 1 aromatic rings. The molecule has 1 atom stereocenters. The van der Waals surface area contributed by atoms with Crippen LogP contribution in [-0.2, 0) is 10.0 Å². The van der Waals surface area contributed by atoms with E-state index in [9.17, 15) is 13.5 Å². The number of benzene rings is 1. The van der Waals surface area contributed by atoms with Crippen LogP contribution in [-0.4, -0.2) is 37.0 Å². The fraction of sp³-hybridized carbons (Fsp3) is 0.538. The van der Waals surface area contributed by atoms with Crippen molar-refractivity contribution in [1.82, 2.24) is 4.31 Å². The van der Waals surface area contributed by atoms with E-state index in [-0.39, 0.29) is 15.8 Å². The van der Waals surface area contributed by atoms with Gasteiger partial charge in [0.05, 0.1) is 11.1 Å². The minimum Gasteiger partial charge on any atom is -0.393 e. The molecule has 0 bridgehead atoms. The summed E-state index contributed by atoms with van der Waals surface area (Å²) in [6.45, 7) is 2.52. The molecule has 1 aliphatic heterocycles. The predicted molar refractivity (Wildman–Crippen MR) is 79.6 cm³/mol. The molecule has 7 heteroatoms. The summed E-state index contributed by atoms with van der Waals surface area (Å²) in [5.74, 6) is 0.149. The second kappa shape index (κ2) is 6.20. The Kier molecular flexibility index (Phi) is 4.97. The second-order valence-electron chi connectivity index (χ2n) is 5.06. The molecular formula is C13H17Cl2NO3S. The van der Waals surface area contributed by atoms with E-state index < -0.39 is 16.1 Å². The van der Waals surface area contributed by atoms with E-state index in [2.05, 4.69) is 0 Å².